The second-order valence-corrected chi connectivity index (χ2v) is 5.67. The van der Waals surface area contributed by atoms with Crippen molar-refractivity contribution in [3.8, 4) is 11.5 Å². The van der Waals surface area contributed by atoms with E-state index in [1.807, 2.05) is 12.1 Å². The van der Waals surface area contributed by atoms with Crippen LogP contribution in [-0.2, 0) is 9.47 Å². The van der Waals surface area contributed by atoms with Crippen LogP contribution in [0.1, 0.15) is 18.2 Å². The second-order valence-electron chi connectivity index (χ2n) is 5.67. The molecule has 0 amide bonds. The van der Waals surface area contributed by atoms with Crippen LogP contribution in [0.5, 0.6) is 0 Å². The molecule has 0 aliphatic carbocycles. The highest BCUT2D eigenvalue weighted by atomic mass is 16.5. The average molecular weight is 301 g/mol. The van der Waals surface area contributed by atoms with E-state index in [-0.39, 0.29) is 5.92 Å². The molecule has 6 nitrogen and oxygen atoms in total. The largest absolute Gasteiger partial charge is 0.381 e. The Morgan fingerprint density at radius 2 is 2.00 bits per heavy atom. The molecule has 1 aromatic heterocycles. The van der Waals surface area contributed by atoms with Gasteiger partial charge >= 0.3 is 0 Å². The molecule has 0 bridgehead atoms. The summed E-state index contributed by atoms with van der Waals surface area (Å²) in [4.78, 5) is 6.86. The van der Waals surface area contributed by atoms with Crippen LogP contribution in [-0.4, -0.2) is 49.7 Å². The molecule has 0 saturated carbocycles. The highest BCUT2D eigenvalue weighted by Crippen LogP contribution is 2.27. The van der Waals surface area contributed by atoms with Gasteiger partial charge < -0.3 is 18.9 Å². The molecule has 6 heteroatoms. The summed E-state index contributed by atoms with van der Waals surface area (Å²) in [5, 5.41) is 4.12. The van der Waals surface area contributed by atoms with Crippen molar-refractivity contribution < 1.29 is 14.0 Å². The number of ether oxygens (including phenoxy) is 2. The van der Waals surface area contributed by atoms with Gasteiger partial charge in [0.2, 0.25) is 0 Å². The maximum atomic E-state index is 5.45. The van der Waals surface area contributed by atoms with E-state index < -0.39 is 0 Å². The molecule has 1 aromatic carbocycles. The molecule has 0 spiro atoms. The molecule has 2 saturated heterocycles. The van der Waals surface area contributed by atoms with Gasteiger partial charge in [0.25, 0.3) is 5.89 Å². The van der Waals surface area contributed by atoms with Gasteiger partial charge in [-0.3, -0.25) is 0 Å². The monoisotopic (exact) mass is 301 g/mol. The smallest absolute Gasteiger partial charge is 0.258 e. The third kappa shape index (κ3) is 2.71. The van der Waals surface area contributed by atoms with Crippen LogP contribution in [0.4, 0.5) is 5.69 Å². The van der Waals surface area contributed by atoms with Crippen molar-refractivity contribution >= 4 is 5.69 Å². The topological polar surface area (TPSA) is 60.6 Å². The lowest BCUT2D eigenvalue weighted by molar-refractivity contribution is 0.122. The first-order valence-corrected chi connectivity index (χ1v) is 7.74. The molecule has 0 radical (unpaired) electrons. The molecular weight excluding hydrogens is 282 g/mol. The number of rotatable bonds is 3. The molecule has 1 atom stereocenters. The Hall–Kier alpha value is -1.92. The van der Waals surface area contributed by atoms with E-state index in [0.29, 0.717) is 12.5 Å². The summed E-state index contributed by atoms with van der Waals surface area (Å²) in [5.41, 5.74) is 2.13. The predicted molar refractivity (Wildman–Crippen MR) is 80.9 cm³/mol. The number of anilines is 1. The SMILES string of the molecule is c1cc(-c2nc([C@H]3CCOC3)no2)cc(N2CCOCC2)c1. The maximum Gasteiger partial charge on any atom is 0.258 e. The molecule has 2 aliphatic heterocycles. The molecular formula is C16H19N3O3. The molecule has 116 valence electrons. The third-order valence-electron chi connectivity index (χ3n) is 4.21. The van der Waals surface area contributed by atoms with Gasteiger partial charge in [-0.05, 0) is 24.6 Å². The van der Waals surface area contributed by atoms with Crippen LogP contribution < -0.4 is 4.90 Å². The van der Waals surface area contributed by atoms with Gasteiger partial charge in [-0.15, -0.1) is 0 Å². The highest BCUT2D eigenvalue weighted by Gasteiger charge is 2.23. The van der Waals surface area contributed by atoms with Gasteiger partial charge in [-0.25, -0.2) is 0 Å². The molecule has 0 unspecified atom stereocenters. The standard InChI is InChI=1S/C16H19N3O3/c1-2-12(10-14(3-1)19-5-8-20-9-6-19)16-17-15(18-22-16)13-4-7-21-11-13/h1-3,10,13H,4-9,11H2/t13-/m0/s1. The number of nitrogens with zero attached hydrogens (tertiary/aromatic N) is 3. The van der Waals surface area contributed by atoms with E-state index in [1.165, 1.54) is 5.69 Å². The van der Waals surface area contributed by atoms with Crippen LogP contribution >= 0.6 is 0 Å². The Bertz CT molecular complexity index is 631. The summed E-state index contributed by atoms with van der Waals surface area (Å²) in [6, 6.07) is 8.25. The lowest BCUT2D eigenvalue weighted by Crippen LogP contribution is -2.36. The first-order valence-electron chi connectivity index (χ1n) is 7.74. The van der Waals surface area contributed by atoms with Gasteiger partial charge in [0.05, 0.1) is 19.8 Å². The fraction of sp³-hybridized carbons (Fsp3) is 0.500. The molecule has 3 heterocycles. The van der Waals surface area contributed by atoms with E-state index in [4.69, 9.17) is 14.0 Å². The summed E-state index contributed by atoms with van der Waals surface area (Å²) in [6.07, 6.45) is 0.965. The zero-order valence-corrected chi connectivity index (χ0v) is 12.4. The number of morpholine rings is 1. The maximum absolute atomic E-state index is 5.45. The van der Waals surface area contributed by atoms with E-state index in [0.717, 1.165) is 50.7 Å². The van der Waals surface area contributed by atoms with Gasteiger partial charge in [0, 0.05) is 36.9 Å². The summed E-state index contributed by atoms with van der Waals surface area (Å²) in [7, 11) is 0. The zero-order valence-electron chi connectivity index (χ0n) is 12.4. The molecule has 22 heavy (non-hydrogen) atoms. The molecule has 4 rings (SSSR count). The van der Waals surface area contributed by atoms with E-state index in [1.54, 1.807) is 0 Å². The zero-order chi connectivity index (χ0) is 14.8. The third-order valence-corrected chi connectivity index (χ3v) is 4.21. The van der Waals surface area contributed by atoms with E-state index in [9.17, 15) is 0 Å². The van der Waals surface area contributed by atoms with Gasteiger partial charge in [0.1, 0.15) is 0 Å². The quantitative estimate of drug-likeness (QED) is 0.865. The minimum atomic E-state index is 0.264. The first-order chi connectivity index (χ1) is 10.9. The van der Waals surface area contributed by atoms with Gasteiger partial charge in [0.15, 0.2) is 5.82 Å². The Labute approximate surface area is 129 Å². The van der Waals surface area contributed by atoms with Crippen LogP contribution in [0.15, 0.2) is 28.8 Å². The summed E-state index contributed by atoms with van der Waals surface area (Å²) in [5.74, 6) is 1.60. The average Bonchev–Trinajstić information content (AvgIpc) is 3.27. The Balaban J connectivity index is 1.56. The summed E-state index contributed by atoms with van der Waals surface area (Å²) < 4.78 is 16.2. The minimum absolute atomic E-state index is 0.264. The van der Waals surface area contributed by atoms with Crippen molar-refractivity contribution in [2.24, 2.45) is 0 Å². The minimum Gasteiger partial charge on any atom is -0.381 e. The van der Waals surface area contributed by atoms with Gasteiger partial charge in [-0.2, -0.15) is 4.98 Å². The van der Waals surface area contributed by atoms with Crippen molar-refractivity contribution in [2.75, 3.05) is 44.4 Å². The molecule has 0 N–H and O–H groups in total. The van der Waals surface area contributed by atoms with Crippen LogP contribution in [0.2, 0.25) is 0 Å². The normalized spacial score (nSPS) is 22.2. The van der Waals surface area contributed by atoms with Crippen molar-refractivity contribution in [2.45, 2.75) is 12.3 Å². The molecule has 2 aromatic rings. The van der Waals surface area contributed by atoms with Crippen LogP contribution in [0.25, 0.3) is 11.5 Å². The summed E-state index contributed by atoms with van der Waals surface area (Å²) in [6.45, 7) is 4.84. The van der Waals surface area contributed by atoms with Crippen molar-refractivity contribution in [1.29, 1.82) is 0 Å². The van der Waals surface area contributed by atoms with Crippen molar-refractivity contribution in [3.63, 3.8) is 0 Å². The van der Waals surface area contributed by atoms with Crippen molar-refractivity contribution in [3.05, 3.63) is 30.1 Å². The van der Waals surface area contributed by atoms with Crippen molar-refractivity contribution in [1.82, 2.24) is 10.1 Å². The highest BCUT2D eigenvalue weighted by molar-refractivity contribution is 5.62. The molecule has 2 aliphatic rings. The van der Waals surface area contributed by atoms with Gasteiger partial charge in [-0.1, -0.05) is 11.2 Å². The molecule has 2 fully saturated rings. The predicted octanol–water partition coefficient (Wildman–Crippen LogP) is 2.08. The first kappa shape index (κ1) is 13.7. The summed E-state index contributed by atoms with van der Waals surface area (Å²) >= 11 is 0. The fourth-order valence-electron chi connectivity index (χ4n) is 2.91. The number of aromatic nitrogens is 2. The Morgan fingerprint density at radius 1 is 1.09 bits per heavy atom. The number of hydrogen-bond acceptors (Lipinski definition) is 6. The fourth-order valence-corrected chi connectivity index (χ4v) is 2.91. The Kier molecular flexibility index (Phi) is 3.78. The number of hydrogen-bond donors (Lipinski definition) is 0. The lowest BCUT2D eigenvalue weighted by Gasteiger charge is -2.28. The van der Waals surface area contributed by atoms with Crippen LogP contribution in [0, 0.1) is 0 Å². The van der Waals surface area contributed by atoms with Crippen LogP contribution in [0.3, 0.4) is 0 Å². The van der Waals surface area contributed by atoms with E-state index >= 15 is 0 Å². The lowest BCUT2D eigenvalue weighted by atomic mass is 10.1. The Morgan fingerprint density at radius 3 is 2.82 bits per heavy atom. The second kappa shape index (κ2) is 6.06. The van der Waals surface area contributed by atoms with E-state index in [2.05, 4.69) is 27.2 Å². The number of benzene rings is 1.